The molecule has 2 aromatic rings. The molecule has 4 N–H and O–H groups in total. The second kappa shape index (κ2) is 4.72. The largest absolute Gasteiger partial charge is 0.507 e. The predicted octanol–water partition coefficient (Wildman–Crippen LogP) is 2.81. The van der Waals surface area contributed by atoms with Gasteiger partial charge in [-0.25, -0.2) is 0 Å². The third-order valence-electron chi connectivity index (χ3n) is 3.37. The molecule has 112 valence electrons. The van der Waals surface area contributed by atoms with Gasteiger partial charge in [-0.3, -0.25) is 9.59 Å². The molecule has 22 heavy (non-hydrogen) atoms. The highest BCUT2D eigenvalue weighted by Gasteiger charge is 2.39. The standard InChI is InChI=1S/C14H6Br2O6/c15-3-1-5(17)7-9(11(3)19)14(22)8-6(18)2-4(16)12(20)10(8)13(7)21/h1-2,17-20H. The van der Waals surface area contributed by atoms with Gasteiger partial charge < -0.3 is 20.4 Å². The van der Waals surface area contributed by atoms with Crippen LogP contribution in [0.3, 0.4) is 0 Å². The normalized spacial score (nSPS) is 13.0. The fraction of sp³-hybridized carbons (Fsp3) is 0. The summed E-state index contributed by atoms with van der Waals surface area (Å²) in [4.78, 5) is 25.1. The van der Waals surface area contributed by atoms with Gasteiger partial charge in [-0.15, -0.1) is 0 Å². The Labute approximate surface area is 139 Å². The Hall–Kier alpha value is -2.06. The zero-order chi connectivity index (χ0) is 16.3. The van der Waals surface area contributed by atoms with Crippen LogP contribution in [0.25, 0.3) is 0 Å². The second-order valence-electron chi connectivity index (χ2n) is 4.61. The molecule has 0 aliphatic heterocycles. The van der Waals surface area contributed by atoms with E-state index in [4.69, 9.17) is 0 Å². The van der Waals surface area contributed by atoms with Crippen molar-refractivity contribution < 1.29 is 30.0 Å². The highest BCUT2D eigenvalue weighted by Crippen LogP contribution is 2.47. The minimum Gasteiger partial charge on any atom is -0.507 e. The average Bonchev–Trinajstić information content (AvgIpc) is 2.44. The summed E-state index contributed by atoms with van der Waals surface area (Å²) in [6.07, 6.45) is 0. The molecule has 3 rings (SSSR count). The van der Waals surface area contributed by atoms with E-state index in [0.29, 0.717) is 0 Å². The topological polar surface area (TPSA) is 115 Å². The first-order valence-corrected chi connectivity index (χ1v) is 7.42. The maximum absolute atomic E-state index is 12.5. The Bertz CT molecular complexity index is 814. The van der Waals surface area contributed by atoms with Crippen molar-refractivity contribution >= 4 is 43.4 Å². The Morgan fingerprint density at radius 3 is 1.27 bits per heavy atom. The van der Waals surface area contributed by atoms with Crippen LogP contribution in [0, 0.1) is 0 Å². The number of benzene rings is 2. The lowest BCUT2D eigenvalue weighted by molar-refractivity contribution is 0.0969. The van der Waals surface area contributed by atoms with Crippen molar-refractivity contribution in [2.45, 2.75) is 0 Å². The Balaban J connectivity index is 2.49. The third-order valence-corrected chi connectivity index (χ3v) is 4.58. The van der Waals surface area contributed by atoms with Crippen LogP contribution in [0.1, 0.15) is 31.8 Å². The van der Waals surface area contributed by atoms with Crippen molar-refractivity contribution in [2.75, 3.05) is 0 Å². The fourth-order valence-electron chi connectivity index (χ4n) is 2.40. The van der Waals surface area contributed by atoms with Crippen molar-refractivity contribution in [3.8, 4) is 23.0 Å². The van der Waals surface area contributed by atoms with E-state index in [2.05, 4.69) is 31.9 Å². The number of carbonyl (C=O) groups is 2. The quantitative estimate of drug-likeness (QED) is 0.408. The molecule has 1 aliphatic carbocycles. The van der Waals surface area contributed by atoms with Crippen LogP contribution in [0.5, 0.6) is 23.0 Å². The number of phenolic OH excluding ortho intramolecular Hbond substituents is 4. The number of phenols is 4. The number of fused-ring (bicyclic) bond motifs is 2. The van der Waals surface area contributed by atoms with E-state index < -0.39 is 56.8 Å². The molecule has 0 saturated heterocycles. The van der Waals surface area contributed by atoms with E-state index in [-0.39, 0.29) is 8.95 Å². The molecule has 0 heterocycles. The number of aromatic hydroxyl groups is 4. The number of hydrogen-bond acceptors (Lipinski definition) is 6. The smallest absolute Gasteiger partial charge is 0.202 e. The molecule has 0 aromatic heterocycles. The van der Waals surface area contributed by atoms with E-state index in [1.165, 1.54) is 0 Å². The lowest BCUT2D eigenvalue weighted by Crippen LogP contribution is -2.22. The molecule has 2 aromatic carbocycles. The highest BCUT2D eigenvalue weighted by atomic mass is 79.9. The molecule has 0 saturated carbocycles. The number of halogens is 2. The number of carbonyl (C=O) groups excluding carboxylic acids is 2. The maximum Gasteiger partial charge on any atom is 0.202 e. The van der Waals surface area contributed by atoms with Crippen molar-refractivity contribution in [2.24, 2.45) is 0 Å². The van der Waals surface area contributed by atoms with Gasteiger partial charge in [0.05, 0.1) is 31.2 Å². The third kappa shape index (κ3) is 1.77. The van der Waals surface area contributed by atoms with Crippen molar-refractivity contribution in [3.63, 3.8) is 0 Å². The molecule has 0 bridgehead atoms. The Morgan fingerprint density at radius 2 is 0.955 bits per heavy atom. The molecule has 0 radical (unpaired) electrons. The van der Waals surface area contributed by atoms with Gasteiger partial charge in [0, 0.05) is 0 Å². The van der Waals surface area contributed by atoms with Gasteiger partial charge in [-0.1, -0.05) is 0 Å². The summed E-state index contributed by atoms with van der Waals surface area (Å²) in [6, 6.07) is 2.14. The summed E-state index contributed by atoms with van der Waals surface area (Å²) in [5.74, 6) is -3.86. The molecule has 1 aliphatic rings. The molecule has 0 amide bonds. The van der Waals surface area contributed by atoms with E-state index >= 15 is 0 Å². The SMILES string of the molecule is O=C1c2c(O)cc(Br)c(O)c2C(=O)c2c(O)cc(Br)c(O)c21. The summed E-state index contributed by atoms with van der Waals surface area (Å²) >= 11 is 5.93. The van der Waals surface area contributed by atoms with Gasteiger partial charge in [0.25, 0.3) is 0 Å². The molecular weight excluding hydrogens is 424 g/mol. The number of ketones is 2. The zero-order valence-electron chi connectivity index (χ0n) is 10.5. The van der Waals surface area contributed by atoms with Crippen LogP contribution >= 0.6 is 31.9 Å². The first kappa shape index (κ1) is 14.9. The van der Waals surface area contributed by atoms with Crippen LogP contribution < -0.4 is 0 Å². The van der Waals surface area contributed by atoms with Gasteiger partial charge >= 0.3 is 0 Å². The molecule has 0 fully saturated rings. The first-order chi connectivity index (χ1) is 10.3. The van der Waals surface area contributed by atoms with Gasteiger partial charge in [-0.05, 0) is 44.0 Å². The molecule has 0 spiro atoms. The second-order valence-corrected chi connectivity index (χ2v) is 6.32. The van der Waals surface area contributed by atoms with Crippen LogP contribution in [0.4, 0.5) is 0 Å². The van der Waals surface area contributed by atoms with E-state index in [0.717, 1.165) is 12.1 Å². The lowest BCUT2D eigenvalue weighted by atomic mass is 9.82. The van der Waals surface area contributed by atoms with E-state index in [1.54, 1.807) is 0 Å². The molecular formula is C14H6Br2O6. The Kier molecular flexibility index (Phi) is 3.19. The fourth-order valence-corrected chi connectivity index (χ4v) is 3.23. The average molecular weight is 430 g/mol. The van der Waals surface area contributed by atoms with Crippen LogP contribution in [0.15, 0.2) is 21.1 Å². The molecule has 6 nitrogen and oxygen atoms in total. The monoisotopic (exact) mass is 428 g/mol. The van der Waals surface area contributed by atoms with Gasteiger partial charge in [-0.2, -0.15) is 0 Å². The van der Waals surface area contributed by atoms with Gasteiger partial charge in [0.15, 0.2) is 0 Å². The first-order valence-electron chi connectivity index (χ1n) is 5.84. The maximum atomic E-state index is 12.5. The van der Waals surface area contributed by atoms with E-state index in [9.17, 15) is 30.0 Å². The van der Waals surface area contributed by atoms with Gasteiger partial charge in [0.1, 0.15) is 23.0 Å². The van der Waals surface area contributed by atoms with E-state index in [1.807, 2.05) is 0 Å². The molecule has 8 heteroatoms. The summed E-state index contributed by atoms with van der Waals surface area (Å²) in [6.45, 7) is 0. The van der Waals surface area contributed by atoms with Crippen LogP contribution in [-0.4, -0.2) is 32.0 Å². The summed E-state index contributed by atoms with van der Waals surface area (Å²) < 4.78 is 0.0448. The zero-order valence-corrected chi connectivity index (χ0v) is 13.7. The van der Waals surface area contributed by atoms with Crippen LogP contribution in [-0.2, 0) is 0 Å². The molecule has 0 unspecified atom stereocenters. The predicted molar refractivity (Wildman–Crippen MR) is 81.8 cm³/mol. The number of hydrogen-bond donors (Lipinski definition) is 4. The van der Waals surface area contributed by atoms with Crippen molar-refractivity contribution in [1.82, 2.24) is 0 Å². The van der Waals surface area contributed by atoms with Crippen LogP contribution in [0.2, 0.25) is 0 Å². The minimum atomic E-state index is -0.876. The highest BCUT2D eigenvalue weighted by molar-refractivity contribution is 9.10. The Morgan fingerprint density at radius 1 is 0.636 bits per heavy atom. The number of rotatable bonds is 0. The minimum absolute atomic E-state index is 0.0224. The summed E-state index contributed by atoms with van der Waals surface area (Å²) in [5, 5.41) is 39.9. The summed E-state index contributed by atoms with van der Waals surface area (Å²) in [7, 11) is 0. The lowest BCUT2D eigenvalue weighted by Gasteiger charge is -2.21. The van der Waals surface area contributed by atoms with Crippen molar-refractivity contribution in [3.05, 3.63) is 43.3 Å². The van der Waals surface area contributed by atoms with Gasteiger partial charge in [0.2, 0.25) is 11.6 Å². The van der Waals surface area contributed by atoms with Crippen molar-refractivity contribution in [1.29, 1.82) is 0 Å². The summed E-state index contributed by atoms with van der Waals surface area (Å²) in [5.41, 5.74) is -1.71. The molecule has 0 atom stereocenters.